The fourth-order valence-corrected chi connectivity index (χ4v) is 2.55. The van der Waals surface area contributed by atoms with E-state index in [1.54, 1.807) is 6.92 Å². The zero-order valence-electron chi connectivity index (χ0n) is 6.25. The quantitative estimate of drug-likeness (QED) is 0.518. The molecule has 0 aromatic rings. The van der Waals surface area contributed by atoms with Gasteiger partial charge in [-0.1, -0.05) is 0 Å². The Hall–Kier alpha value is -0.0800. The molecule has 4 atom stereocenters. The average molecular weight is 142 g/mol. The Kier molecular flexibility index (Phi) is 1.15. The number of hydrogen-bond acceptors (Lipinski definition) is 2. The highest BCUT2D eigenvalue weighted by Gasteiger charge is 2.53. The molecule has 2 nitrogen and oxygen atoms in total. The minimum Gasteiger partial charge on any atom is -0.390 e. The highest BCUT2D eigenvalue weighted by Crippen LogP contribution is 2.50. The van der Waals surface area contributed by atoms with Gasteiger partial charge in [0.15, 0.2) is 0 Å². The molecule has 0 saturated heterocycles. The van der Waals surface area contributed by atoms with Crippen molar-refractivity contribution in [3.8, 4) is 0 Å². The molecule has 2 N–H and O–H groups in total. The molecule has 10 heavy (non-hydrogen) atoms. The summed E-state index contributed by atoms with van der Waals surface area (Å²) in [5.74, 6) is 0.757. The van der Waals surface area contributed by atoms with Gasteiger partial charge in [-0.05, 0) is 38.0 Å². The Morgan fingerprint density at radius 3 is 2.40 bits per heavy atom. The molecule has 2 saturated carbocycles. The summed E-state index contributed by atoms with van der Waals surface area (Å²) < 4.78 is 0. The van der Waals surface area contributed by atoms with Crippen LogP contribution in [0, 0.1) is 11.8 Å². The Balaban J connectivity index is 2.25. The SMILES string of the molecule is CC1(O)C2CCC(C2)C1O. The van der Waals surface area contributed by atoms with E-state index in [9.17, 15) is 10.2 Å². The second-order valence-electron chi connectivity index (χ2n) is 3.94. The van der Waals surface area contributed by atoms with Crippen LogP contribution in [0.1, 0.15) is 26.2 Å². The smallest absolute Gasteiger partial charge is 0.0908 e. The lowest BCUT2D eigenvalue weighted by Gasteiger charge is -2.32. The van der Waals surface area contributed by atoms with Crippen LogP contribution in [0.5, 0.6) is 0 Å². The molecule has 2 heteroatoms. The molecule has 2 fully saturated rings. The largest absolute Gasteiger partial charge is 0.390 e. The lowest BCUT2D eigenvalue weighted by Crippen LogP contribution is -2.44. The summed E-state index contributed by atoms with van der Waals surface area (Å²) in [6.07, 6.45) is 2.80. The highest BCUT2D eigenvalue weighted by molar-refractivity contribution is 5.04. The first-order chi connectivity index (χ1) is 4.62. The molecule has 0 aromatic carbocycles. The lowest BCUT2D eigenvalue weighted by atomic mass is 9.84. The first kappa shape index (κ1) is 6.62. The van der Waals surface area contributed by atoms with Crippen LogP contribution < -0.4 is 0 Å². The van der Waals surface area contributed by atoms with Gasteiger partial charge in [0, 0.05) is 0 Å². The van der Waals surface area contributed by atoms with Crippen LogP contribution in [-0.2, 0) is 0 Å². The van der Waals surface area contributed by atoms with Crippen LogP contribution in [0.25, 0.3) is 0 Å². The molecule has 2 aliphatic carbocycles. The molecule has 58 valence electrons. The van der Waals surface area contributed by atoms with Crippen LogP contribution in [0.4, 0.5) is 0 Å². The minimum absolute atomic E-state index is 0.368. The van der Waals surface area contributed by atoms with Crippen molar-refractivity contribution >= 4 is 0 Å². The third kappa shape index (κ3) is 0.611. The van der Waals surface area contributed by atoms with E-state index in [0.29, 0.717) is 11.8 Å². The van der Waals surface area contributed by atoms with Crippen molar-refractivity contribution < 1.29 is 10.2 Å². The summed E-state index contributed by atoms with van der Waals surface area (Å²) in [6.45, 7) is 1.77. The van der Waals surface area contributed by atoms with Gasteiger partial charge >= 0.3 is 0 Å². The van der Waals surface area contributed by atoms with Crippen molar-refractivity contribution in [2.24, 2.45) is 11.8 Å². The van der Waals surface area contributed by atoms with Gasteiger partial charge in [0.1, 0.15) is 0 Å². The number of aliphatic hydroxyl groups is 2. The normalized spacial score (nSPS) is 59.7. The van der Waals surface area contributed by atoms with Crippen LogP contribution in [0.3, 0.4) is 0 Å². The van der Waals surface area contributed by atoms with Crippen molar-refractivity contribution in [1.29, 1.82) is 0 Å². The van der Waals surface area contributed by atoms with Gasteiger partial charge in [0.05, 0.1) is 11.7 Å². The third-order valence-corrected chi connectivity index (χ3v) is 3.35. The van der Waals surface area contributed by atoms with Gasteiger partial charge in [-0.15, -0.1) is 0 Å². The van der Waals surface area contributed by atoms with Crippen LogP contribution in [-0.4, -0.2) is 21.9 Å². The monoisotopic (exact) mass is 142 g/mol. The second-order valence-corrected chi connectivity index (χ2v) is 3.94. The molecular weight excluding hydrogens is 128 g/mol. The van der Waals surface area contributed by atoms with Gasteiger partial charge in [-0.2, -0.15) is 0 Å². The van der Waals surface area contributed by atoms with E-state index in [2.05, 4.69) is 0 Å². The number of rotatable bonds is 0. The maximum atomic E-state index is 9.70. The molecule has 0 aromatic heterocycles. The van der Waals surface area contributed by atoms with E-state index < -0.39 is 11.7 Å². The van der Waals surface area contributed by atoms with Gasteiger partial charge in [-0.3, -0.25) is 0 Å². The standard InChI is InChI=1S/C8H14O2/c1-8(10)6-3-2-5(4-6)7(8)9/h5-7,9-10H,2-4H2,1H3. The Bertz CT molecular complexity index is 149. The van der Waals surface area contributed by atoms with Crippen molar-refractivity contribution in [3.05, 3.63) is 0 Å². The summed E-state index contributed by atoms with van der Waals surface area (Å²) in [5, 5.41) is 19.2. The van der Waals surface area contributed by atoms with Crippen LogP contribution >= 0.6 is 0 Å². The van der Waals surface area contributed by atoms with E-state index in [-0.39, 0.29) is 0 Å². The Morgan fingerprint density at radius 1 is 1.40 bits per heavy atom. The number of fused-ring (bicyclic) bond motifs is 2. The van der Waals surface area contributed by atoms with Crippen LogP contribution in [0.2, 0.25) is 0 Å². The van der Waals surface area contributed by atoms with Gasteiger partial charge in [-0.25, -0.2) is 0 Å². The van der Waals surface area contributed by atoms with Crippen molar-refractivity contribution in [3.63, 3.8) is 0 Å². The van der Waals surface area contributed by atoms with Crippen molar-refractivity contribution in [1.82, 2.24) is 0 Å². The zero-order valence-corrected chi connectivity index (χ0v) is 6.25. The molecule has 0 aliphatic heterocycles. The highest BCUT2D eigenvalue weighted by atomic mass is 16.3. The fraction of sp³-hybridized carbons (Fsp3) is 1.00. The molecule has 0 amide bonds. The molecule has 0 spiro atoms. The molecular formula is C8H14O2. The van der Waals surface area contributed by atoms with E-state index in [4.69, 9.17) is 0 Å². The molecule has 2 bridgehead atoms. The van der Waals surface area contributed by atoms with Crippen molar-refractivity contribution in [2.75, 3.05) is 0 Å². The molecule has 2 aliphatic rings. The summed E-state index contributed by atoms with van der Waals surface area (Å²) in [4.78, 5) is 0. The minimum atomic E-state index is -0.775. The number of hydrogen-bond donors (Lipinski definition) is 2. The Labute approximate surface area is 60.9 Å². The first-order valence-electron chi connectivity index (χ1n) is 4.03. The van der Waals surface area contributed by atoms with E-state index in [0.717, 1.165) is 19.3 Å². The third-order valence-electron chi connectivity index (χ3n) is 3.35. The van der Waals surface area contributed by atoms with E-state index >= 15 is 0 Å². The molecule has 0 heterocycles. The van der Waals surface area contributed by atoms with Gasteiger partial charge in [0.2, 0.25) is 0 Å². The predicted octanol–water partition coefficient (Wildman–Crippen LogP) is 0.528. The lowest BCUT2D eigenvalue weighted by molar-refractivity contribution is -0.0942. The molecule has 0 radical (unpaired) electrons. The van der Waals surface area contributed by atoms with Gasteiger partial charge < -0.3 is 10.2 Å². The average Bonchev–Trinajstić information content (AvgIpc) is 2.37. The topological polar surface area (TPSA) is 40.5 Å². The maximum absolute atomic E-state index is 9.70. The van der Waals surface area contributed by atoms with Crippen LogP contribution in [0.15, 0.2) is 0 Å². The summed E-state index contributed by atoms with van der Waals surface area (Å²) in [7, 11) is 0. The fourth-order valence-electron chi connectivity index (χ4n) is 2.55. The Morgan fingerprint density at radius 2 is 2.10 bits per heavy atom. The van der Waals surface area contributed by atoms with E-state index in [1.165, 1.54) is 0 Å². The molecule has 2 rings (SSSR count). The summed E-state index contributed by atoms with van der Waals surface area (Å²) in [6, 6.07) is 0. The zero-order chi connectivity index (χ0) is 7.35. The number of aliphatic hydroxyl groups excluding tert-OH is 1. The second kappa shape index (κ2) is 1.74. The predicted molar refractivity (Wildman–Crippen MR) is 37.5 cm³/mol. The van der Waals surface area contributed by atoms with Crippen molar-refractivity contribution in [2.45, 2.75) is 37.9 Å². The first-order valence-corrected chi connectivity index (χ1v) is 4.03. The summed E-state index contributed by atoms with van der Waals surface area (Å²) in [5.41, 5.74) is -0.775. The molecule has 4 unspecified atom stereocenters. The summed E-state index contributed by atoms with van der Waals surface area (Å²) >= 11 is 0. The van der Waals surface area contributed by atoms with E-state index in [1.807, 2.05) is 0 Å². The maximum Gasteiger partial charge on any atom is 0.0908 e. The van der Waals surface area contributed by atoms with Gasteiger partial charge in [0.25, 0.3) is 0 Å².